The summed E-state index contributed by atoms with van der Waals surface area (Å²) >= 11 is 12.1. The largest absolute Gasteiger partial charge is 0.462 e. The van der Waals surface area contributed by atoms with E-state index in [1.54, 1.807) is 24.3 Å². The van der Waals surface area contributed by atoms with Crippen LogP contribution in [0.5, 0.6) is 0 Å². The average molecular weight is 556 g/mol. The minimum Gasteiger partial charge on any atom is -0.462 e. The third-order valence-electron chi connectivity index (χ3n) is 4.72. The van der Waals surface area contributed by atoms with Crippen LogP contribution in [0.4, 0.5) is 0 Å². The highest BCUT2D eigenvalue weighted by molar-refractivity contribution is 8.15. The van der Waals surface area contributed by atoms with Crippen molar-refractivity contribution >= 4 is 64.6 Å². The second kappa shape index (κ2) is 17.9. The number of rotatable bonds is 17. The Morgan fingerprint density at radius 1 is 0.971 bits per heavy atom. The average Bonchev–Trinajstić information content (AvgIpc) is 2.89. The van der Waals surface area contributed by atoms with Crippen LogP contribution in [0.2, 0.25) is 0 Å². The molecule has 6 nitrogen and oxygen atoms in total. The number of alkyl halides is 1. The Kier molecular flexibility index (Phi) is 15.2. The van der Waals surface area contributed by atoms with Crippen LogP contribution in [0.15, 0.2) is 60.7 Å². The SMILES string of the molecule is O=C(SC(Cc1ccccc1)C(=O)CSCN[C@@H](CS)C(=O)OCCOCCCl)c1ccccc1. The predicted molar refractivity (Wildman–Crippen MR) is 148 cm³/mol. The van der Waals surface area contributed by atoms with Crippen molar-refractivity contribution in [3.63, 3.8) is 0 Å². The lowest BCUT2D eigenvalue weighted by molar-refractivity contribution is -0.146. The molecular formula is C25H30ClNO5S3. The molecule has 0 heterocycles. The van der Waals surface area contributed by atoms with Gasteiger partial charge in [-0.05, 0) is 12.0 Å². The maximum Gasteiger partial charge on any atom is 0.324 e. The Hall–Kier alpha value is -1.49. The minimum absolute atomic E-state index is 0.0311. The van der Waals surface area contributed by atoms with Crippen LogP contribution in [-0.4, -0.2) is 71.2 Å². The fraction of sp³-hybridized carbons (Fsp3) is 0.400. The molecule has 0 aliphatic rings. The Morgan fingerprint density at radius 2 is 1.66 bits per heavy atom. The minimum atomic E-state index is -0.594. The van der Waals surface area contributed by atoms with Crippen LogP contribution in [0, 0.1) is 0 Å². The van der Waals surface area contributed by atoms with E-state index in [9.17, 15) is 14.4 Å². The van der Waals surface area contributed by atoms with Crippen molar-refractivity contribution in [1.82, 2.24) is 5.32 Å². The maximum absolute atomic E-state index is 13.0. The van der Waals surface area contributed by atoms with Gasteiger partial charge in [-0.25, -0.2) is 0 Å². The third kappa shape index (κ3) is 11.9. The van der Waals surface area contributed by atoms with Crippen LogP contribution in [0.3, 0.4) is 0 Å². The summed E-state index contributed by atoms with van der Waals surface area (Å²) in [4.78, 5) is 38.0. The van der Waals surface area contributed by atoms with Gasteiger partial charge in [0.05, 0.1) is 24.2 Å². The van der Waals surface area contributed by atoms with E-state index in [1.165, 1.54) is 11.8 Å². The fourth-order valence-electron chi connectivity index (χ4n) is 2.91. The molecule has 0 radical (unpaired) electrons. The first-order chi connectivity index (χ1) is 17.0. The van der Waals surface area contributed by atoms with Gasteiger partial charge in [0.25, 0.3) is 0 Å². The summed E-state index contributed by atoms with van der Waals surface area (Å²) < 4.78 is 10.4. The molecule has 190 valence electrons. The number of benzene rings is 2. The van der Waals surface area contributed by atoms with Gasteiger partial charge < -0.3 is 9.47 Å². The van der Waals surface area contributed by atoms with Crippen molar-refractivity contribution in [2.75, 3.05) is 43.1 Å². The van der Waals surface area contributed by atoms with Gasteiger partial charge in [0, 0.05) is 23.1 Å². The van der Waals surface area contributed by atoms with Gasteiger partial charge in [-0.1, -0.05) is 72.4 Å². The first-order valence-electron chi connectivity index (χ1n) is 11.1. The zero-order valence-corrected chi connectivity index (χ0v) is 22.6. The van der Waals surface area contributed by atoms with Gasteiger partial charge in [-0.2, -0.15) is 12.6 Å². The van der Waals surface area contributed by atoms with Crippen LogP contribution in [-0.2, 0) is 25.5 Å². The molecule has 2 aromatic carbocycles. The summed E-state index contributed by atoms with van der Waals surface area (Å²) in [5, 5.41) is 2.42. The number of ether oxygens (including phenoxy) is 2. The molecule has 2 rings (SSSR count). The van der Waals surface area contributed by atoms with Gasteiger partial charge in [0.15, 0.2) is 5.78 Å². The van der Waals surface area contributed by atoms with Gasteiger partial charge in [0.1, 0.15) is 12.6 Å². The highest BCUT2D eigenvalue weighted by Crippen LogP contribution is 2.23. The summed E-state index contributed by atoms with van der Waals surface area (Å²) in [6, 6.07) is 18.0. The van der Waals surface area contributed by atoms with E-state index in [0.717, 1.165) is 17.3 Å². The zero-order chi connectivity index (χ0) is 25.3. The molecule has 2 atom stereocenters. The molecule has 0 aliphatic carbocycles. The van der Waals surface area contributed by atoms with Crippen molar-refractivity contribution in [3.8, 4) is 0 Å². The van der Waals surface area contributed by atoms with E-state index in [-0.39, 0.29) is 35.6 Å². The number of thioether (sulfide) groups is 2. The van der Waals surface area contributed by atoms with Gasteiger partial charge in [0.2, 0.25) is 5.12 Å². The number of halogens is 1. The molecule has 0 amide bonds. The van der Waals surface area contributed by atoms with E-state index < -0.39 is 17.3 Å². The quantitative estimate of drug-likeness (QED) is 0.0992. The Bertz CT molecular complexity index is 904. The molecule has 0 spiro atoms. The molecule has 10 heteroatoms. The summed E-state index contributed by atoms with van der Waals surface area (Å²) in [5.74, 6) is 0.762. The molecule has 35 heavy (non-hydrogen) atoms. The lowest BCUT2D eigenvalue weighted by Gasteiger charge is -2.17. The third-order valence-corrected chi connectivity index (χ3v) is 7.26. The highest BCUT2D eigenvalue weighted by atomic mass is 35.5. The smallest absolute Gasteiger partial charge is 0.324 e. The van der Waals surface area contributed by atoms with Crippen LogP contribution < -0.4 is 5.32 Å². The standard InChI is InChI=1S/C25H30ClNO5S3/c26-11-12-31-13-14-32-24(29)21(16-33)27-18-34-17-22(28)23(15-19-7-3-1-4-8-19)35-25(30)20-9-5-2-6-10-20/h1-10,21,23,27,33H,11-18H2/t21-,23?/m0/s1. The number of carbonyl (C=O) groups is 3. The Balaban J connectivity index is 1.84. The number of carbonyl (C=O) groups excluding carboxylic acids is 3. The topological polar surface area (TPSA) is 81.7 Å². The van der Waals surface area contributed by atoms with E-state index in [0.29, 0.717) is 30.3 Å². The Morgan fingerprint density at radius 3 is 2.31 bits per heavy atom. The molecular weight excluding hydrogens is 526 g/mol. The molecule has 2 aromatic rings. The molecule has 0 bridgehead atoms. The normalized spacial score (nSPS) is 12.6. The zero-order valence-electron chi connectivity index (χ0n) is 19.3. The van der Waals surface area contributed by atoms with E-state index in [2.05, 4.69) is 17.9 Å². The fourth-order valence-corrected chi connectivity index (χ4v) is 5.24. The van der Waals surface area contributed by atoms with E-state index >= 15 is 0 Å². The van der Waals surface area contributed by atoms with E-state index in [4.69, 9.17) is 21.1 Å². The second-order valence-electron chi connectivity index (χ2n) is 7.32. The molecule has 1 unspecified atom stereocenters. The lowest BCUT2D eigenvalue weighted by atomic mass is 10.1. The van der Waals surface area contributed by atoms with Crippen LogP contribution in [0.25, 0.3) is 0 Å². The molecule has 0 aromatic heterocycles. The second-order valence-corrected chi connectivity index (χ2v) is 10.2. The molecule has 1 N–H and O–H groups in total. The highest BCUT2D eigenvalue weighted by Gasteiger charge is 2.24. The van der Waals surface area contributed by atoms with Crippen molar-refractivity contribution < 1.29 is 23.9 Å². The van der Waals surface area contributed by atoms with E-state index in [1.807, 2.05) is 36.4 Å². The number of Topliss-reactive ketones (excluding diaryl/α,β-unsaturated/α-hetero) is 1. The van der Waals surface area contributed by atoms with Gasteiger partial charge >= 0.3 is 5.97 Å². The van der Waals surface area contributed by atoms with Gasteiger partial charge in [-0.3, -0.25) is 19.7 Å². The summed E-state index contributed by atoms with van der Waals surface area (Å²) in [5.41, 5.74) is 1.57. The van der Waals surface area contributed by atoms with Crippen molar-refractivity contribution in [1.29, 1.82) is 0 Å². The van der Waals surface area contributed by atoms with Crippen molar-refractivity contribution in [2.24, 2.45) is 0 Å². The summed E-state index contributed by atoms with van der Waals surface area (Å²) in [6.07, 6.45) is 0.467. The monoisotopic (exact) mass is 555 g/mol. The van der Waals surface area contributed by atoms with Crippen molar-refractivity contribution in [2.45, 2.75) is 17.7 Å². The number of thiol groups is 1. The number of hydrogen-bond donors (Lipinski definition) is 2. The molecule has 0 fully saturated rings. The number of esters is 1. The summed E-state index contributed by atoms with van der Waals surface area (Å²) in [6.45, 7) is 0.822. The molecule has 0 aliphatic heterocycles. The van der Waals surface area contributed by atoms with Crippen LogP contribution >= 0.6 is 47.8 Å². The van der Waals surface area contributed by atoms with Crippen LogP contribution in [0.1, 0.15) is 15.9 Å². The summed E-state index contributed by atoms with van der Waals surface area (Å²) in [7, 11) is 0. The number of ketones is 1. The molecule has 0 saturated carbocycles. The number of nitrogens with one attached hydrogen (secondary N) is 1. The Labute approximate surface area is 225 Å². The molecule has 0 saturated heterocycles. The first kappa shape index (κ1) is 29.7. The van der Waals surface area contributed by atoms with Crippen molar-refractivity contribution in [3.05, 3.63) is 71.8 Å². The first-order valence-corrected chi connectivity index (χ1v) is 14.3. The lowest BCUT2D eigenvalue weighted by Crippen LogP contribution is -2.40. The number of hydrogen-bond acceptors (Lipinski definition) is 9. The maximum atomic E-state index is 13.0. The predicted octanol–water partition coefficient (Wildman–Crippen LogP) is 4.12. The van der Waals surface area contributed by atoms with Gasteiger partial charge in [-0.15, -0.1) is 23.4 Å².